The van der Waals surface area contributed by atoms with Crippen LogP contribution in [-0.2, 0) is 14.4 Å². The highest BCUT2D eigenvalue weighted by Gasteiger charge is 2.11. The molecule has 0 aliphatic rings. The molecule has 13 heavy (non-hydrogen) atoms. The van der Waals surface area contributed by atoms with Crippen LogP contribution in [0.2, 0.25) is 0 Å². The fourth-order valence-electron chi connectivity index (χ4n) is 0.470. The van der Waals surface area contributed by atoms with Crippen molar-refractivity contribution in [1.82, 2.24) is 5.32 Å². The van der Waals surface area contributed by atoms with E-state index in [0.29, 0.717) is 6.08 Å². The molecule has 0 unspecified atom stereocenters. The van der Waals surface area contributed by atoms with Crippen molar-refractivity contribution in [3.63, 3.8) is 0 Å². The van der Waals surface area contributed by atoms with Crippen molar-refractivity contribution >= 4 is 17.8 Å². The lowest BCUT2D eigenvalue weighted by Crippen LogP contribution is -2.37. The maximum Gasteiger partial charge on any atom is 0.328 e. The summed E-state index contributed by atoms with van der Waals surface area (Å²) < 4.78 is 0. The molecule has 0 fully saturated rings. The molecule has 0 rings (SSSR count). The zero-order chi connectivity index (χ0) is 10.4. The highest BCUT2D eigenvalue weighted by Crippen LogP contribution is 1.82. The van der Waals surface area contributed by atoms with Crippen LogP contribution in [0.4, 0.5) is 0 Å². The second kappa shape index (κ2) is 4.91. The fourth-order valence-corrected chi connectivity index (χ4v) is 0.470. The van der Waals surface area contributed by atoms with Gasteiger partial charge in [0.15, 0.2) is 0 Å². The number of carbonyl (C=O) groups is 3. The number of rotatable bonds is 4. The number of carboxylic acid groups (broad SMARTS) is 2. The van der Waals surface area contributed by atoms with E-state index in [0.717, 1.165) is 6.08 Å². The van der Waals surface area contributed by atoms with Crippen molar-refractivity contribution in [2.45, 2.75) is 13.0 Å². The summed E-state index contributed by atoms with van der Waals surface area (Å²) in [7, 11) is 0. The molecule has 6 heteroatoms. The Morgan fingerprint density at radius 2 is 1.77 bits per heavy atom. The number of hydrogen-bond donors (Lipinski definition) is 3. The van der Waals surface area contributed by atoms with Crippen molar-refractivity contribution in [3.05, 3.63) is 12.2 Å². The first-order valence-electron chi connectivity index (χ1n) is 3.37. The third kappa shape index (κ3) is 5.42. The van der Waals surface area contributed by atoms with Crippen LogP contribution < -0.4 is 5.32 Å². The molecule has 0 aliphatic heterocycles. The molecule has 72 valence electrons. The van der Waals surface area contributed by atoms with Gasteiger partial charge in [0, 0.05) is 12.2 Å². The predicted octanol–water partition coefficient (Wildman–Crippen LogP) is -0.783. The van der Waals surface area contributed by atoms with Gasteiger partial charge in [-0.15, -0.1) is 0 Å². The number of hydrogen-bond acceptors (Lipinski definition) is 3. The number of nitrogens with one attached hydrogen (secondary N) is 1. The van der Waals surface area contributed by atoms with Gasteiger partial charge >= 0.3 is 11.9 Å². The van der Waals surface area contributed by atoms with Gasteiger partial charge in [-0.1, -0.05) is 0 Å². The Labute approximate surface area is 73.9 Å². The second-order valence-corrected chi connectivity index (χ2v) is 2.24. The molecular weight excluding hydrogens is 178 g/mol. The van der Waals surface area contributed by atoms with Crippen LogP contribution in [0.15, 0.2) is 12.2 Å². The normalized spacial score (nSPS) is 12.4. The lowest BCUT2D eigenvalue weighted by atomic mass is 10.3. The molecule has 0 aromatic heterocycles. The Morgan fingerprint density at radius 1 is 1.23 bits per heavy atom. The largest absolute Gasteiger partial charge is 0.480 e. The van der Waals surface area contributed by atoms with E-state index >= 15 is 0 Å². The Balaban J connectivity index is 4.02. The van der Waals surface area contributed by atoms with Gasteiger partial charge in [-0.25, -0.2) is 4.79 Å². The molecule has 0 saturated carbocycles. The summed E-state index contributed by atoms with van der Waals surface area (Å²) in [4.78, 5) is 30.9. The maximum absolute atomic E-state index is 10.7. The van der Waals surface area contributed by atoms with Gasteiger partial charge in [0.05, 0.1) is 0 Å². The van der Waals surface area contributed by atoms with E-state index in [1.807, 2.05) is 5.32 Å². The van der Waals surface area contributed by atoms with Gasteiger partial charge < -0.3 is 15.5 Å². The Hall–Kier alpha value is -1.85. The maximum atomic E-state index is 10.7. The summed E-state index contributed by atoms with van der Waals surface area (Å²) >= 11 is 0. The second-order valence-electron chi connectivity index (χ2n) is 2.24. The molecule has 1 amide bonds. The molecule has 0 spiro atoms. The van der Waals surface area contributed by atoms with Crippen LogP contribution >= 0.6 is 0 Å². The third-order valence-corrected chi connectivity index (χ3v) is 1.11. The summed E-state index contributed by atoms with van der Waals surface area (Å²) in [6.45, 7) is 1.27. The highest BCUT2D eigenvalue weighted by molar-refractivity contribution is 5.95. The van der Waals surface area contributed by atoms with Gasteiger partial charge in [0.25, 0.3) is 0 Å². The first-order chi connectivity index (χ1) is 5.93. The molecule has 1 atom stereocenters. The van der Waals surface area contributed by atoms with Gasteiger partial charge in [0.2, 0.25) is 5.91 Å². The van der Waals surface area contributed by atoms with Gasteiger partial charge in [0.1, 0.15) is 6.04 Å². The van der Waals surface area contributed by atoms with Crippen LogP contribution in [0.5, 0.6) is 0 Å². The molecule has 6 nitrogen and oxygen atoms in total. The average molecular weight is 187 g/mol. The van der Waals surface area contributed by atoms with Gasteiger partial charge in [-0.3, -0.25) is 9.59 Å². The Morgan fingerprint density at radius 3 is 2.15 bits per heavy atom. The van der Waals surface area contributed by atoms with E-state index in [4.69, 9.17) is 10.2 Å². The number of carboxylic acids is 2. The minimum Gasteiger partial charge on any atom is -0.480 e. The minimum absolute atomic E-state index is 0.629. The molecule has 0 bridgehead atoms. The molecule has 0 saturated heterocycles. The van der Waals surface area contributed by atoms with E-state index in [2.05, 4.69) is 0 Å². The number of aliphatic carboxylic acids is 2. The van der Waals surface area contributed by atoms with Crippen molar-refractivity contribution < 1.29 is 24.6 Å². The van der Waals surface area contributed by atoms with Crippen LogP contribution in [0.3, 0.4) is 0 Å². The summed E-state index contributed by atoms with van der Waals surface area (Å²) in [5, 5.41) is 18.5. The fraction of sp³-hybridized carbons (Fsp3) is 0.286. The summed E-state index contributed by atoms with van der Waals surface area (Å²) in [6, 6.07) is -1.04. The van der Waals surface area contributed by atoms with E-state index in [1.54, 1.807) is 0 Å². The van der Waals surface area contributed by atoms with Crippen LogP contribution in [-0.4, -0.2) is 34.1 Å². The Bertz CT molecular complexity index is 258. The molecule has 0 heterocycles. The quantitative estimate of drug-likeness (QED) is 0.500. The SMILES string of the molecule is C[C@H](NC(=O)C=CC(=O)O)C(=O)O. The van der Waals surface area contributed by atoms with E-state index in [-0.39, 0.29) is 0 Å². The van der Waals surface area contributed by atoms with Crippen LogP contribution in [0, 0.1) is 0 Å². The van der Waals surface area contributed by atoms with Gasteiger partial charge in [-0.05, 0) is 6.92 Å². The minimum atomic E-state index is -1.27. The monoisotopic (exact) mass is 187 g/mol. The Kier molecular flexibility index (Phi) is 4.21. The standard InChI is InChI=1S/C7H9NO5/c1-4(7(12)13)8-5(9)2-3-6(10)11/h2-4H,1H3,(H,8,9)(H,10,11)(H,12,13)/t4-/m0/s1. The van der Waals surface area contributed by atoms with Crippen molar-refractivity contribution in [3.8, 4) is 0 Å². The molecule has 3 N–H and O–H groups in total. The topological polar surface area (TPSA) is 104 Å². The van der Waals surface area contributed by atoms with E-state index in [9.17, 15) is 14.4 Å². The van der Waals surface area contributed by atoms with Crippen LogP contribution in [0.25, 0.3) is 0 Å². The third-order valence-electron chi connectivity index (χ3n) is 1.11. The zero-order valence-electron chi connectivity index (χ0n) is 6.85. The summed E-state index contributed by atoms with van der Waals surface area (Å²) in [5.41, 5.74) is 0. The summed E-state index contributed by atoms with van der Waals surface area (Å²) in [5.74, 6) is -3.20. The number of amides is 1. The van der Waals surface area contributed by atoms with Crippen molar-refractivity contribution in [2.24, 2.45) is 0 Å². The van der Waals surface area contributed by atoms with Crippen molar-refractivity contribution in [2.75, 3.05) is 0 Å². The smallest absolute Gasteiger partial charge is 0.328 e. The first-order valence-corrected chi connectivity index (χ1v) is 3.37. The lowest BCUT2D eigenvalue weighted by Gasteiger charge is -2.05. The summed E-state index contributed by atoms with van der Waals surface area (Å²) in [6.07, 6.45) is 1.38. The number of carbonyl (C=O) groups excluding carboxylic acids is 1. The molecule has 0 radical (unpaired) electrons. The first kappa shape index (κ1) is 11.2. The van der Waals surface area contributed by atoms with E-state index in [1.165, 1.54) is 6.92 Å². The highest BCUT2D eigenvalue weighted by atomic mass is 16.4. The molecular formula is C7H9NO5. The van der Waals surface area contributed by atoms with Gasteiger partial charge in [-0.2, -0.15) is 0 Å². The molecule has 0 aromatic carbocycles. The van der Waals surface area contributed by atoms with Crippen LogP contribution in [0.1, 0.15) is 6.92 Å². The van der Waals surface area contributed by atoms with E-state index < -0.39 is 23.9 Å². The predicted molar refractivity (Wildman–Crippen MR) is 42.0 cm³/mol. The average Bonchev–Trinajstić information content (AvgIpc) is 2.00. The molecule has 0 aromatic rings. The van der Waals surface area contributed by atoms with Crippen molar-refractivity contribution in [1.29, 1.82) is 0 Å². The zero-order valence-corrected chi connectivity index (χ0v) is 6.85. The lowest BCUT2D eigenvalue weighted by molar-refractivity contribution is -0.140. The molecule has 0 aliphatic carbocycles.